The molecule has 0 aromatic rings. The van der Waals surface area contributed by atoms with Crippen molar-refractivity contribution in [2.45, 2.75) is 64.8 Å². The van der Waals surface area contributed by atoms with Crippen LogP contribution in [-0.2, 0) is 4.79 Å². The van der Waals surface area contributed by atoms with Crippen LogP contribution in [0.25, 0.3) is 0 Å². The van der Waals surface area contributed by atoms with E-state index in [1.54, 1.807) is 0 Å². The number of hydrogen-bond acceptors (Lipinski definition) is 2. The zero-order chi connectivity index (χ0) is 12.9. The van der Waals surface area contributed by atoms with Crippen molar-refractivity contribution in [2.75, 3.05) is 13.1 Å². The van der Waals surface area contributed by atoms with Gasteiger partial charge in [-0.2, -0.15) is 0 Å². The van der Waals surface area contributed by atoms with Crippen molar-refractivity contribution in [3.05, 3.63) is 0 Å². The van der Waals surface area contributed by atoms with Gasteiger partial charge in [-0.1, -0.05) is 46.5 Å². The Hall–Kier alpha value is -0.570. The average Bonchev–Trinajstić information content (AvgIpc) is 2.23. The van der Waals surface area contributed by atoms with E-state index in [0.29, 0.717) is 18.2 Å². The van der Waals surface area contributed by atoms with Gasteiger partial charge < -0.3 is 10.6 Å². The van der Waals surface area contributed by atoms with E-state index >= 15 is 0 Å². The van der Waals surface area contributed by atoms with Gasteiger partial charge in [0.2, 0.25) is 5.91 Å². The molecule has 17 heavy (non-hydrogen) atoms. The Labute approximate surface area is 106 Å². The molecule has 1 aliphatic heterocycles. The molecule has 0 saturated carbocycles. The largest absolute Gasteiger partial charge is 0.339 e. The maximum atomic E-state index is 11.8. The summed E-state index contributed by atoms with van der Waals surface area (Å²) in [4.78, 5) is 13.8. The number of carbonyl (C=O) groups excluding carboxylic acids is 1. The van der Waals surface area contributed by atoms with Crippen LogP contribution in [0.2, 0.25) is 0 Å². The van der Waals surface area contributed by atoms with Gasteiger partial charge in [0.25, 0.3) is 0 Å². The summed E-state index contributed by atoms with van der Waals surface area (Å²) in [5.41, 5.74) is 6.05. The average molecular weight is 240 g/mol. The lowest BCUT2D eigenvalue weighted by Gasteiger charge is -2.50. The maximum Gasteiger partial charge on any atom is 0.222 e. The van der Waals surface area contributed by atoms with Crippen LogP contribution >= 0.6 is 0 Å². The zero-order valence-electron chi connectivity index (χ0n) is 11.7. The van der Waals surface area contributed by atoms with Gasteiger partial charge in [0.05, 0.1) is 5.54 Å². The van der Waals surface area contributed by atoms with E-state index in [0.717, 1.165) is 19.5 Å². The Kier molecular flexibility index (Phi) is 5.44. The van der Waals surface area contributed by atoms with Gasteiger partial charge in [-0.25, -0.2) is 0 Å². The van der Waals surface area contributed by atoms with Crippen molar-refractivity contribution in [1.82, 2.24) is 4.90 Å². The summed E-state index contributed by atoms with van der Waals surface area (Å²) in [5, 5.41) is 0. The first-order valence-corrected chi connectivity index (χ1v) is 7.06. The highest BCUT2D eigenvalue weighted by atomic mass is 16.2. The number of likely N-dealkylation sites (tertiary alicyclic amines) is 1. The van der Waals surface area contributed by atoms with E-state index in [9.17, 15) is 4.79 Å². The predicted molar refractivity (Wildman–Crippen MR) is 71.7 cm³/mol. The van der Waals surface area contributed by atoms with Crippen molar-refractivity contribution in [3.63, 3.8) is 0 Å². The van der Waals surface area contributed by atoms with Crippen molar-refractivity contribution in [2.24, 2.45) is 11.7 Å². The number of nitrogens with zero attached hydrogens (tertiary/aromatic N) is 1. The minimum atomic E-state index is -0.127. The molecule has 0 bridgehead atoms. The van der Waals surface area contributed by atoms with E-state index in [2.05, 4.69) is 20.8 Å². The van der Waals surface area contributed by atoms with Gasteiger partial charge in [0.15, 0.2) is 0 Å². The Balaban J connectivity index is 2.11. The molecule has 1 fully saturated rings. The summed E-state index contributed by atoms with van der Waals surface area (Å²) in [6.07, 6.45) is 6.73. The van der Waals surface area contributed by atoms with E-state index in [-0.39, 0.29) is 5.54 Å². The topological polar surface area (TPSA) is 46.3 Å². The van der Waals surface area contributed by atoms with Crippen LogP contribution in [-0.4, -0.2) is 29.4 Å². The quantitative estimate of drug-likeness (QED) is 0.695. The molecule has 1 rings (SSSR count). The second-order valence-electron chi connectivity index (χ2n) is 5.80. The van der Waals surface area contributed by atoms with Gasteiger partial charge >= 0.3 is 0 Å². The SMILES string of the molecule is CCCCCCCC(=O)N1CC(N)(C(C)C)C1. The van der Waals surface area contributed by atoms with Crippen LogP contribution in [0.4, 0.5) is 0 Å². The molecule has 3 nitrogen and oxygen atoms in total. The van der Waals surface area contributed by atoms with Gasteiger partial charge in [0, 0.05) is 19.5 Å². The van der Waals surface area contributed by atoms with Crippen LogP contribution < -0.4 is 5.73 Å². The van der Waals surface area contributed by atoms with E-state index < -0.39 is 0 Å². The molecule has 0 atom stereocenters. The summed E-state index contributed by atoms with van der Waals surface area (Å²) < 4.78 is 0. The number of unbranched alkanes of at least 4 members (excludes halogenated alkanes) is 4. The Morgan fingerprint density at radius 3 is 2.35 bits per heavy atom. The molecule has 0 unspecified atom stereocenters. The smallest absolute Gasteiger partial charge is 0.222 e. The van der Waals surface area contributed by atoms with Crippen molar-refractivity contribution in [1.29, 1.82) is 0 Å². The Morgan fingerprint density at radius 2 is 1.82 bits per heavy atom. The highest BCUT2D eigenvalue weighted by Crippen LogP contribution is 2.26. The maximum absolute atomic E-state index is 11.8. The Bertz CT molecular complexity index is 245. The molecular weight excluding hydrogens is 212 g/mol. The normalized spacial score (nSPS) is 18.3. The van der Waals surface area contributed by atoms with E-state index in [1.165, 1.54) is 25.7 Å². The molecule has 0 aromatic heterocycles. The van der Waals surface area contributed by atoms with Crippen molar-refractivity contribution < 1.29 is 4.79 Å². The lowest BCUT2D eigenvalue weighted by molar-refractivity contribution is -0.140. The number of rotatable bonds is 7. The van der Waals surface area contributed by atoms with Crippen molar-refractivity contribution in [3.8, 4) is 0 Å². The van der Waals surface area contributed by atoms with Crippen LogP contribution in [0.1, 0.15) is 59.3 Å². The monoisotopic (exact) mass is 240 g/mol. The fourth-order valence-electron chi connectivity index (χ4n) is 2.24. The summed E-state index contributed by atoms with van der Waals surface area (Å²) in [7, 11) is 0. The molecule has 0 spiro atoms. The van der Waals surface area contributed by atoms with Crippen LogP contribution in [0.15, 0.2) is 0 Å². The van der Waals surface area contributed by atoms with Gasteiger partial charge in [-0.15, -0.1) is 0 Å². The first kappa shape index (κ1) is 14.5. The molecule has 0 aromatic carbocycles. The highest BCUT2D eigenvalue weighted by molar-refractivity contribution is 5.77. The van der Waals surface area contributed by atoms with Gasteiger partial charge in [-0.3, -0.25) is 4.79 Å². The standard InChI is InChI=1S/C14H28N2O/c1-4-5-6-7-8-9-13(17)16-10-14(15,11-16)12(2)3/h12H,4-11,15H2,1-3H3. The third-order valence-corrected chi connectivity index (χ3v) is 3.97. The van der Waals surface area contributed by atoms with Crippen LogP contribution in [0.3, 0.4) is 0 Å². The first-order valence-electron chi connectivity index (χ1n) is 7.06. The number of amides is 1. The summed E-state index contributed by atoms with van der Waals surface area (Å²) >= 11 is 0. The van der Waals surface area contributed by atoms with Gasteiger partial charge in [0.1, 0.15) is 0 Å². The van der Waals surface area contributed by atoms with Gasteiger partial charge in [-0.05, 0) is 12.3 Å². The third kappa shape index (κ3) is 3.98. The lowest BCUT2D eigenvalue weighted by atomic mass is 9.80. The minimum Gasteiger partial charge on any atom is -0.339 e. The minimum absolute atomic E-state index is 0.127. The zero-order valence-corrected chi connectivity index (χ0v) is 11.7. The van der Waals surface area contributed by atoms with E-state index in [1.807, 2.05) is 4.90 Å². The summed E-state index contributed by atoms with van der Waals surface area (Å²) in [6, 6.07) is 0. The molecule has 100 valence electrons. The summed E-state index contributed by atoms with van der Waals surface area (Å²) in [5.74, 6) is 0.749. The Morgan fingerprint density at radius 1 is 1.24 bits per heavy atom. The summed E-state index contributed by atoms with van der Waals surface area (Å²) in [6.45, 7) is 7.97. The second kappa shape index (κ2) is 6.39. The molecule has 1 saturated heterocycles. The number of carbonyl (C=O) groups is 1. The second-order valence-corrected chi connectivity index (χ2v) is 5.80. The number of nitrogens with two attached hydrogens (primary N) is 1. The van der Waals surface area contributed by atoms with Crippen molar-refractivity contribution >= 4 is 5.91 Å². The molecule has 2 N–H and O–H groups in total. The molecule has 1 amide bonds. The first-order chi connectivity index (χ1) is 7.99. The van der Waals surface area contributed by atoms with Crippen LogP contribution in [0, 0.1) is 5.92 Å². The van der Waals surface area contributed by atoms with E-state index in [4.69, 9.17) is 5.73 Å². The molecular formula is C14H28N2O. The highest BCUT2D eigenvalue weighted by Gasteiger charge is 2.43. The lowest BCUT2D eigenvalue weighted by Crippen LogP contribution is -2.71. The third-order valence-electron chi connectivity index (χ3n) is 3.97. The molecule has 1 aliphatic rings. The molecule has 1 heterocycles. The fraction of sp³-hybridized carbons (Fsp3) is 0.929. The molecule has 3 heteroatoms. The molecule has 0 radical (unpaired) electrons. The molecule has 0 aliphatic carbocycles. The predicted octanol–water partition coefficient (Wildman–Crippen LogP) is 2.54. The fourth-order valence-corrected chi connectivity index (χ4v) is 2.24. The van der Waals surface area contributed by atoms with Crippen LogP contribution in [0.5, 0.6) is 0 Å². The number of hydrogen-bond donors (Lipinski definition) is 1.